The number of rotatable bonds is 7. The molecule has 2 aromatic carbocycles. The standard InChI is InChI=1S/C23H31FN4O3.HI/c1-5-31-22-20(29-3)14-17(15-21(22)30-4)16-26-23(25-2)28-12-10-27(11-13-28)19-9-7-6-8-18(19)24;/h6-9,14-15H,5,10-13,16H2,1-4H3,(H,25,26);1H. The zero-order chi connectivity index (χ0) is 22.2. The lowest BCUT2D eigenvalue weighted by atomic mass is 10.1. The molecule has 2 aromatic rings. The van der Waals surface area contributed by atoms with Gasteiger partial charge in [-0.1, -0.05) is 12.1 Å². The summed E-state index contributed by atoms with van der Waals surface area (Å²) in [4.78, 5) is 8.68. The van der Waals surface area contributed by atoms with E-state index in [1.807, 2.05) is 31.2 Å². The number of nitrogens with zero attached hydrogens (tertiary/aromatic N) is 3. The molecular formula is C23H32FIN4O3. The first kappa shape index (κ1) is 25.8. The molecule has 0 unspecified atom stereocenters. The molecule has 3 rings (SSSR count). The summed E-state index contributed by atoms with van der Waals surface area (Å²) >= 11 is 0. The minimum Gasteiger partial charge on any atom is -0.493 e. The second-order valence-corrected chi connectivity index (χ2v) is 7.09. The Morgan fingerprint density at radius 1 is 1.06 bits per heavy atom. The van der Waals surface area contributed by atoms with Crippen LogP contribution in [-0.4, -0.2) is 64.9 Å². The van der Waals surface area contributed by atoms with Crippen molar-refractivity contribution in [2.24, 2.45) is 4.99 Å². The summed E-state index contributed by atoms with van der Waals surface area (Å²) in [6, 6.07) is 10.8. The first-order valence-electron chi connectivity index (χ1n) is 10.4. The Hall–Kier alpha value is -2.43. The zero-order valence-electron chi connectivity index (χ0n) is 19.1. The van der Waals surface area contributed by atoms with Crippen molar-refractivity contribution in [3.05, 3.63) is 47.8 Å². The van der Waals surface area contributed by atoms with Crippen molar-refractivity contribution in [1.29, 1.82) is 0 Å². The molecule has 1 aliphatic rings. The Balaban J connectivity index is 0.00000363. The normalized spacial score (nSPS) is 14.0. The SMILES string of the molecule is CCOc1c(OC)cc(CNC(=NC)N2CCN(c3ccccc3F)CC2)cc1OC.I. The van der Waals surface area contributed by atoms with Gasteiger partial charge in [-0.2, -0.15) is 0 Å². The van der Waals surface area contributed by atoms with Crippen LogP contribution in [-0.2, 0) is 6.54 Å². The summed E-state index contributed by atoms with van der Waals surface area (Å²) in [7, 11) is 5.00. The fourth-order valence-corrected chi connectivity index (χ4v) is 3.70. The van der Waals surface area contributed by atoms with Crippen LogP contribution < -0.4 is 24.4 Å². The molecule has 32 heavy (non-hydrogen) atoms. The third-order valence-corrected chi connectivity index (χ3v) is 5.24. The van der Waals surface area contributed by atoms with Crippen LogP contribution >= 0.6 is 24.0 Å². The quantitative estimate of drug-likeness (QED) is 0.318. The summed E-state index contributed by atoms with van der Waals surface area (Å²) in [6.07, 6.45) is 0. The van der Waals surface area contributed by atoms with Gasteiger partial charge in [0.25, 0.3) is 0 Å². The number of methoxy groups -OCH3 is 2. The maximum atomic E-state index is 14.1. The zero-order valence-corrected chi connectivity index (χ0v) is 21.4. The smallest absolute Gasteiger partial charge is 0.203 e. The highest BCUT2D eigenvalue weighted by Crippen LogP contribution is 2.38. The summed E-state index contributed by atoms with van der Waals surface area (Å²) in [6.45, 7) is 5.96. The number of nitrogens with one attached hydrogen (secondary N) is 1. The van der Waals surface area contributed by atoms with Crippen LogP contribution in [0.5, 0.6) is 17.2 Å². The highest BCUT2D eigenvalue weighted by Gasteiger charge is 2.22. The van der Waals surface area contributed by atoms with Crippen molar-refractivity contribution in [3.63, 3.8) is 0 Å². The topological polar surface area (TPSA) is 58.6 Å². The van der Waals surface area contributed by atoms with Crippen molar-refractivity contribution in [2.75, 3.05) is 59.0 Å². The van der Waals surface area contributed by atoms with Crippen molar-refractivity contribution < 1.29 is 18.6 Å². The Kier molecular flexibility index (Phi) is 10.1. The fraction of sp³-hybridized carbons (Fsp3) is 0.435. The predicted octanol–water partition coefficient (Wildman–Crippen LogP) is 3.76. The third kappa shape index (κ3) is 6.08. The van der Waals surface area contributed by atoms with E-state index in [0.29, 0.717) is 36.1 Å². The number of anilines is 1. The lowest BCUT2D eigenvalue weighted by molar-refractivity contribution is 0.288. The minimum absolute atomic E-state index is 0. The van der Waals surface area contributed by atoms with E-state index in [1.165, 1.54) is 6.07 Å². The van der Waals surface area contributed by atoms with Gasteiger partial charge >= 0.3 is 0 Å². The van der Waals surface area contributed by atoms with Crippen molar-refractivity contribution in [2.45, 2.75) is 13.5 Å². The van der Waals surface area contributed by atoms with Gasteiger partial charge in [0.1, 0.15) is 5.82 Å². The van der Waals surface area contributed by atoms with Crippen LogP contribution in [0.3, 0.4) is 0 Å². The molecule has 0 saturated carbocycles. The second kappa shape index (κ2) is 12.6. The maximum Gasteiger partial charge on any atom is 0.203 e. The van der Waals surface area contributed by atoms with Crippen LogP contribution in [0.2, 0.25) is 0 Å². The van der Waals surface area contributed by atoms with E-state index in [-0.39, 0.29) is 29.8 Å². The molecule has 0 spiro atoms. The van der Waals surface area contributed by atoms with Gasteiger partial charge in [0.15, 0.2) is 17.5 Å². The molecule has 7 nitrogen and oxygen atoms in total. The molecule has 0 bridgehead atoms. The molecule has 176 valence electrons. The van der Waals surface area contributed by atoms with Crippen LogP contribution in [0.1, 0.15) is 12.5 Å². The number of para-hydroxylation sites is 1. The first-order chi connectivity index (χ1) is 15.1. The van der Waals surface area contributed by atoms with E-state index in [1.54, 1.807) is 27.3 Å². The highest BCUT2D eigenvalue weighted by atomic mass is 127. The van der Waals surface area contributed by atoms with Gasteiger partial charge in [-0.25, -0.2) is 4.39 Å². The second-order valence-electron chi connectivity index (χ2n) is 7.09. The average Bonchev–Trinajstić information content (AvgIpc) is 2.81. The molecule has 0 radical (unpaired) electrons. The van der Waals surface area contributed by atoms with Gasteiger partial charge < -0.3 is 29.3 Å². The summed E-state index contributed by atoms with van der Waals surface area (Å²) in [5.74, 6) is 2.49. The molecular weight excluding hydrogens is 526 g/mol. The van der Waals surface area contributed by atoms with Gasteiger partial charge in [0.2, 0.25) is 5.75 Å². The molecule has 1 N–H and O–H groups in total. The average molecular weight is 558 g/mol. The van der Waals surface area contributed by atoms with Crippen molar-refractivity contribution in [1.82, 2.24) is 10.2 Å². The summed E-state index contributed by atoms with van der Waals surface area (Å²) < 4.78 is 30.7. The van der Waals surface area contributed by atoms with Gasteiger partial charge in [-0.05, 0) is 36.8 Å². The lowest BCUT2D eigenvalue weighted by Gasteiger charge is -2.37. The highest BCUT2D eigenvalue weighted by molar-refractivity contribution is 14.0. The molecule has 9 heteroatoms. The number of hydrogen-bond donors (Lipinski definition) is 1. The number of benzene rings is 2. The van der Waals surface area contributed by atoms with Crippen molar-refractivity contribution >= 4 is 35.6 Å². The van der Waals surface area contributed by atoms with Crippen LogP contribution in [0.4, 0.5) is 10.1 Å². The lowest BCUT2D eigenvalue weighted by Crippen LogP contribution is -2.52. The summed E-state index contributed by atoms with van der Waals surface area (Å²) in [5.41, 5.74) is 1.64. The van der Waals surface area contributed by atoms with Crippen molar-refractivity contribution in [3.8, 4) is 17.2 Å². The van der Waals surface area contributed by atoms with E-state index in [0.717, 1.165) is 37.7 Å². The molecule has 0 amide bonds. The number of guanidine groups is 1. The predicted molar refractivity (Wildman–Crippen MR) is 137 cm³/mol. The van der Waals surface area contributed by atoms with Crippen LogP contribution in [0.15, 0.2) is 41.4 Å². The third-order valence-electron chi connectivity index (χ3n) is 5.24. The molecule has 1 saturated heterocycles. The maximum absolute atomic E-state index is 14.1. The Morgan fingerprint density at radius 2 is 1.69 bits per heavy atom. The molecule has 1 aliphatic heterocycles. The summed E-state index contributed by atoms with van der Waals surface area (Å²) in [5, 5.41) is 3.41. The molecule has 0 atom stereocenters. The van der Waals surface area contributed by atoms with Crippen LogP contribution in [0.25, 0.3) is 0 Å². The number of piperazine rings is 1. The van der Waals surface area contributed by atoms with Gasteiger partial charge in [-0.15, -0.1) is 24.0 Å². The van der Waals surface area contributed by atoms with E-state index >= 15 is 0 Å². The van der Waals surface area contributed by atoms with Gasteiger partial charge in [-0.3, -0.25) is 4.99 Å². The van der Waals surface area contributed by atoms with Gasteiger partial charge in [0, 0.05) is 39.8 Å². The largest absolute Gasteiger partial charge is 0.493 e. The number of ether oxygens (including phenoxy) is 3. The number of halogens is 2. The Bertz CT molecular complexity index is 880. The molecule has 0 aromatic heterocycles. The van der Waals surface area contributed by atoms with E-state index < -0.39 is 0 Å². The van der Waals surface area contributed by atoms with E-state index in [4.69, 9.17) is 14.2 Å². The molecule has 1 heterocycles. The van der Waals surface area contributed by atoms with E-state index in [9.17, 15) is 4.39 Å². The first-order valence-corrected chi connectivity index (χ1v) is 10.4. The van der Waals surface area contributed by atoms with Gasteiger partial charge in [0.05, 0.1) is 26.5 Å². The molecule has 1 fully saturated rings. The Labute approximate surface area is 206 Å². The minimum atomic E-state index is -0.183. The fourth-order valence-electron chi connectivity index (χ4n) is 3.70. The molecule has 0 aliphatic carbocycles. The Morgan fingerprint density at radius 3 is 2.22 bits per heavy atom. The van der Waals surface area contributed by atoms with E-state index in [2.05, 4.69) is 20.1 Å². The monoisotopic (exact) mass is 558 g/mol. The van der Waals surface area contributed by atoms with Crippen LogP contribution in [0, 0.1) is 5.82 Å². The number of hydrogen-bond acceptors (Lipinski definition) is 5. The number of aliphatic imine (C=N–C) groups is 1.